The smallest absolute Gasteiger partial charge is 0.265 e. The Kier molecular flexibility index (Phi) is 6.79. The lowest BCUT2D eigenvalue weighted by atomic mass is 9.82. The number of imide groups is 2. The van der Waals surface area contributed by atoms with Crippen molar-refractivity contribution < 1.29 is 19.2 Å². The number of nitrogens with zero attached hydrogens (tertiary/aromatic N) is 2. The van der Waals surface area contributed by atoms with Gasteiger partial charge in [0.25, 0.3) is 23.6 Å². The first-order chi connectivity index (χ1) is 27.4. The van der Waals surface area contributed by atoms with Crippen LogP contribution < -0.4 is 15.1 Å². The number of carbonyl (C=O) groups is 4. The third-order valence-electron chi connectivity index (χ3n) is 11.3. The molecule has 0 radical (unpaired) electrons. The predicted octanol–water partition coefficient (Wildman–Crippen LogP) is 10.7. The highest BCUT2D eigenvalue weighted by Gasteiger charge is 2.38. The van der Waals surface area contributed by atoms with E-state index in [-0.39, 0.29) is 11.8 Å². The molecule has 0 aromatic heterocycles. The van der Waals surface area contributed by atoms with Crippen LogP contribution in [0.1, 0.15) is 52.6 Å². The zero-order valence-corrected chi connectivity index (χ0v) is 29.7. The SMILES string of the molecule is O=C1c2ccc3c4ccc5c6c(ccc(c7ccc(c2c37)C(=O)N1c1ccc(Cc2ccccc2)cc1)c64)C(=O)N(c1ccc(Nc2ccccc2)cc1)C5=O. The fourth-order valence-corrected chi connectivity index (χ4v) is 8.71. The highest BCUT2D eigenvalue weighted by Crippen LogP contribution is 2.47. The average Bonchev–Trinajstić information content (AvgIpc) is 3.23. The van der Waals surface area contributed by atoms with Crippen molar-refractivity contribution in [2.75, 3.05) is 15.1 Å². The van der Waals surface area contributed by atoms with Crippen molar-refractivity contribution in [2.45, 2.75) is 6.42 Å². The molecule has 2 heterocycles. The third-order valence-corrected chi connectivity index (χ3v) is 11.3. The Balaban J connectivity index is 0.990. The van der Waals surface area contributed by atoms with Gasteiger partial charge in [0, 0.05) is 44.4 Å². The number of rotatable bonds is 6. The minimum atomic E-state index is -0.393. The van der Waals surface area contributed by atoms with Crippen LogP contribution in [-0.2, 0) is 6.42 Å². The summed E-state index contributed by atoms with van der Waals surface area (Å²) in [6.45, 7) is 0. The largest absolute Gasteiger partial charge is 0.356 e. The van der Waals surface area contributed by atoms with E-state index in [1.165, 1.54) is 15.4 Å². The first-order valence-corrected chi connectivity index (χ1v) is 18.5. The van der Waals surface area contributed by atoms with E-state index in [1.54, 1.807) is 36.4 Å². The number of anilines is 4. The lowest BCUT2D eigenvalue weighted by molar-refractivity contribution is 0.0877. The highest BCUT2D eigenvalue weighted by molar-refractivity contribution is 6.45. The van der Waals surface area contributed by atoms with E-state index in [9.17, 15) is 19.2 Å². The number of para-hydroxylation sites is 1. The molecule has 2 aliphatic heterocycles. The molecular weight excluding hydrogens is 695 g/mol. The van der Waals surface area contributed by atoms with E-state index < -0.39 is 11.8 Å². The third kappa shape index (κ3) is 4.58. The van der Waals surface area contributed by atoms with Gasteiger partial charge in [-0.1, -0.05) is 84.9 Å². The number of carbonyl (C=O) groups excluding carboxylic acids is 4. The van der Waals surface area contributed by atoms with Crippen LogP contribution in [-0.4, -0.2) is 23.6 Å². The number of nitrogens with one attached hydrogen (secondary N) is 1. The van der Waals surface area contributed by atoms with Gasteiger partial charge in [0.1, 0.15) is 0 Å². The molecule has 4 amide bonds. The van der Waals surface area contributed by atoms with Crippen molar-refractivity contribution in [2.24, 2.45) is 0 Å². The molecule has 9 aromatic rings. The molecule has 0 unspecified atom stereocenters. The topological polar surface area (TPSA) is 86.8 Å². The maximum absolute atomic E-state index is 14.2. The molecule has 0 fully saturated rings. The lowest BCUT2D eigenvalue weighted by Crippen LogP contribution is -2.40. The monoisotopic (exact) mass is 723 g/mol. The van der Waals surface area contributed by atoms with Crippen LogP contribution in [0.5, 0.6) is 0 Å². The summed E-state index contributed by atoms with van der Waals surface area (Å²) in [6, 6.07) is 49.6. The van der Waals surface area contributed by atoms with Gasteiger partial charge in [-0.2, -0.15) is 0 Å². The van der Waals surface area contributed by atoms with Crippen molar-refractivity contribution in [1.82, 2.24) is 0 Å². The quantitative estimate of drug-likeness (QED) is 0.105. The van der Waals surface area contributed by atoms with Gasteiger partial charge in [0.05, 0.1) is 11.4 Å². The molecular formula is C49H29N3O4. The van der Waals surface area contributed by atoms with Crippen LogP contribution in [0, 0.1) is 0 Å². The molecule has 56 heavy (non-hydrogen) atoms. The van der Waals surface area contributed by atoms with Crippen molar-refractivity contribution in [3.8, 4) is 0 Å². The summed E-state index contributed by atoms with van der Waals surface area (Å²) < 4.78 is 0. The van der Waals surface area contributed by atoms with Gasteiger partial charge >= 0.3 is 0 Å². The average molecular weight is 724 g/mol. The van der Waals surface area contributed by atoms with Crippen molar-refractivity contribution in [1.29, 1.82) is 0 Å². The summed E-state index contributed by atoms with van der Waals surface area (Å²) >= 11 is 0. The summed E-state index contributed by atoms with van der Waals surface area (Å²) in [4.78, 5) is 59.4. The maximum Gasteiger partial charge on any atom is 0.265 e. The van der Waals surface area contributed by atoms with Gasteiger partial charge in [-0.15, -0.1) is 0 Å². The summed E-state index contributed by atoms with van der Waals surface area (Å²) in [5, 5.41) is 9.58. The normalized spacial score (nSPS) is 13.9. The molecule has 2 aliphatic rings. The molecule has 0 saturated heterocycles. The number of hydrogen-bond acceptors (Lipinski definition) is 5. The Morgan fingerprint density at radius 1 is 0.339 bits per heavy atom. The molecule has 9 aromatic carbocycles. The number of amides is 4. The van der Waals surface area contributed by atoms with Crippen LogP contribution in [0.2, 0.25) is 0 Å². The fourth-order valence-electron chi connectivity index (χ4n) is 8.71. The molecule has 0 aliphatic carbocycles. The molecule has 11 rings (SSSR count). The van der Waals surface area contributed by atoms with Crippen LogP contribution >= 0.6 is 0 Å². The van der Waals surface area contributed by atoms with Gasteiger partial charge in [-0.05, 0) is 123 Å². The molecule has 7 nitrogen and oxygen atoms in total. The Labute approximate surface area is 320 Å². The second-order valence-corrected chi connectivity index (χ2v) is 14.4. The molecule has 264 valence electrons. The second kappa shape index (κ2) is 11.9. The first kappa shape index (κ1) is 31.8. The summed E-state index contributed by atoms with van der Waals surface area (Å²) in [5.41, 5.74) is 6.81. The number of benzene rings is 9. The predicted molar refractivity (Wildman–Crippen MR) is 222 cm³/mol. The summed E-state index contributed by atoms with van der Waals surface area (Å²) in [5.74, 6) is -1.54. The van der Waals surface area contributed by atoms with Crippen LogP contribution in [0.4, 0.5) is 22.7 Å². The van der Waals surface area contributed by atoms with Gasteiger partial charge in [-0.3, -0.25) is 19.2 Å². The highest BCUT2D eigenvalue weighted by atomic mass is 16.2. The lowest BCUT2D eigenvalue weighted by Gasteiger charge is -2.30. The van der Waals surface area contributed by atoms with Crippen LogP contribution in [0.25, 0.3) is 43.1 Å². The Morgan fingerprint density at radius 3 is 1.12 bits per heavy atom. The second-order valence-electron chi connectivity index (χ2n) is 14.4. The van der Waals surface area contributed by atoms with Crippen molar-refractivity contribution >= 4 is 89.5 Å². The van der Waals surface area contributed by atoms with Gasteiger partial charge < -0.3 is 5.32 Å². The zero-order valence-electron chi connectivity index (χ0n) is 29.7. The van der Waals surface area contributed by atoms with Gasteiger partial charge in [0.15, 0.2) is 0 Å². The zero-order chi connectivity index (χ0) is 37.7. The minimum absolute atomic E-state index is 0.377. The molecule has 0 atom stereocenters. The molecule has 7 heteroatoms. The van der Waals surface area contributed by atoms with Crippen LogP contribution in [0.15, 0.2) is 158 Å². The summed E-state index contributed by atoms with van der Waals surface area (Å²) in [6.07, 6.45) is 0.746. The van der Waals surface area contributed by atoms with E-state index >= 15 is 0 Å². The molecule has 0 bridgehead atoms. The molecule has 1 N–H and O–H groups in total. The van der Waals surface area contributed by atoms with Gasteiger partial charge in [-0.25, -0.2) is 9.80 Å². The van der Waals surface area contributed by atoms with Crippen LogP contribution in [0.3, 0.4) is 0 Å². The maximum atomic E-state index is 14.2. The Hall–Kier alpha value is -7.64. The summed E-state index contributed by atoms with van der Waals surface area (Å²) in [7, 11) is 0. The molecule has 0 saturated carbocycles. The molecule has 0 spiro atoms. The van der Waals surface area contributed by atoms with E-state index in [2.05, 4.69) is 17.4 Å². The van der Waals surface area contributed by atoms with E-state index in [4.69, 9.17) is 0 Å². The Bertz CT molecular complexity index is 2810. The standard InChI is InChI=1S/C49H29N3O4/c53-46-38-23-19-34-36-21-25-40-45-41(49(56)52(48(40)55)33-17-13-31(14-18-33)50-30-9-5-2-6-10-30)26-22-37(43(36)45)35-20-24-39(44(38)42(34)35)47(54)51(46)32-15-11-29(12-16-32)27-28-7-3-1-4-8-28/h1-26,50H,27H2. The van der Waals surface area contributed by atoms with E-state index in [1.807, 2.05) is 109 Å². The Morgan fingerprint density at radius 2 is 0.696 bits per heavy atom. The number of hydrogen-bond donors (Lipinski definition) is 1. The minimum Gasteiger partial charge on any atom is -0.356 e. The van der Waals surface area contributed by atoms with E-state index in [0.717, 1.165) is 55.7 Å². The fraction of sp³-hybridized carbons (Fsp3) is 0.0204. The van der Waals surface area contributed by atoms with E-state index in [0.29, 0.717) is 44.4 Å². The van der Waals surface area contributed by atoms with Gasteiger partial charge in [0.2, 0.25) is 0 Å². The van der Waals surface area contributed by atoms with Crippen molar-refractivity contribution in [3.05, 3.63) is 191 Å². The first-order valence-electron chi connectivity index (χ1n) is 18.5. The number of fused-ring (bicyclic) bond motifs is 2. The van der Waals surface area contributed by atoms with Crippen molar-refractivity contribution in [3.63, 3.8) is 0 Å².